The van der Waals surface area contributed by atoms with Crippen LogP contribution in [-0.4, -0.2) is 0 Å². The quantitative estimate of drug-likeness (QED) is 0.176. The van der Waals surface area contributed by atoms with Crippen molar-refractivity contribution in [1.82, 2.24) is 0 Å². The molecule has 1 aromatic heterocycles. The molecule has 242 valence electrons. The Kier molecular flexibility index (Phi) is 6.78. The molecule has 0 saturated heterocycles. The summed E-state index contributed by atoms with van der Waals surface area (Å²) in [4.78, 5) is 2.46. The highest BCUT2D eigenvalue weighted by Gasteiger charge is 2.35. The Hall–Kier alpha value is -5.96. The lowest BCUT2D eigenvalue weighted by molar-refractivity contribution is 0.660. The summed E-state index contributed by atoms with van der Waals surface area (Å²) in [7, 11) is 0. The van der Waals surface area contributed by atoms with Gasteiger partial charge in [0.1, 0.15) is 0 Å². The zero-order valence-electron chi connectivity index (χ0n) is 28.6. The maximum atomic E-state index is 2.46. The highest BCUT2D eigenvalue weighted by Crippen LogP contribution is 2.51. The Balaban J connectivity index is 1.20. The molecule has 9 aromatic rings. The van der Waals surface area contributed by atoms with Crippen molar-refractivity contribution in [1.29, 1.82) is 0 Å². The Bertz CT molecular complexity index is 2770. The molecule has 0 aliphatic heterocycles. The maximum absolute atomic E-state index is 2.46. The van der Waals surface area contributed by atoms with Gasteiger partial charge in [0, 0.05) is 42.3 Å². The molecule has 1 heterocycles. The van der Waals surface area contributed by atoms with E-state index in [1.165, 1.54) is 75.5 Å². The second-order valence-electron chi connectivity index (χ2n) is 14.1. The topological polar surface area (TPSA) is 3.24 Å². The summed E-state index contributed by atoms with van der Waals surface area (Å²) in [6, 6.07) is 64.9. The molecule has 0 unspecified atom stereocenters. The first kappa shape index (κ1) is 29.9. The van der Waals surface area contributed by atoms with Gasteiger partial charge in [-0.2, -0.15) is 0 Å². The standard InChI is InChI=1S/C49H35NS/c1-49(2)43-19-8-6-16-39(43)40-28-24-35(30-44(40)49)38-18-10-14-34-15-11-20-45(48(34)38)50(36-25-22-33(23-26-36)32-12-4-3-5-13-32)37-27-29-47-42(31-37)41-17-7-9-21-46(41)51-47/h3-31H,1-2H3. The molecule has 0 bridgehead atoms. The number of benzene rings is 8. The van der Waals surface area contributed by atoms with Crippen LogP contribution >= 0.6 is 11.3 Å². The molecule has 1 aliphatic carbocycles. The van der Waals surface area contributed by atoms with Gasteiger partial charge in [-0.15, -0.1) is 11.3 Å². The van der Waals surface area contributed by atoms with Gasteiger partial charge in [-0.3, -0.25) is 0 Å². The average molecular weight is 670 g/mol. The number of thiophene rings is 1. The van der Waals surface area contributed by atoms with Crippen molar-refractivity contribution < 1.29 is 0 Å². The molecule has 0 N–H and O–H groups in total. The van der Waals surface area contributed by atoms with Crippen LogP contribution in [0.3, 0.4) is 0 Å². The summed E-state index contributed by atoms with van der Waals surface area (Å²) in [6.07, 6.45) is 0. The number of hydrogen-bond donors (Lipinski definition) is 0. The molecule has 2 heteroatoms. The molecule has 1 aliphatic rings. The van der Waals surface area contributed by atoms with Gasteiger partial charge in [-0.05, 0) is 98.4 Å². The number of nitrogens with zero attached hydrogens (tertiary/aromatic N) is 1. The lowest BCUT2D eigenvalue weighted by Gasteiger charge is -2.28. The van der Waals surface area contributed by atoms with Gasteiger partial charge in [-0.1, -0.05) is 141 Å². The third-order valence-electron chi connectivity index (χ3n) is 10.9. The van der Waals surface area contributed by atoms with Gasteiger partial charge in [-0.25, -0.2) is 0 Å². The lowest BCUT2D eigenvalue weighted by Crippen LogP contribution is -2.15. The van der Waals surface area contributed by atoms with E-state index >= 15 is 0 Å². The summed E-state index contributed by atoms with van der Waals surface area (Å²) in [6.45, 7) is 4.72. The van der Waals surface area contributed by atoms with Crippen LogP contribution in [0.15, 0.2) is 176 Å². The summed E-state index contributed by atoms with van der Waals surface area (Å²) < 4.78 is 2.62. The summed E-state index contributed by atoms with van der Waals surface area (Å²) >= 11 is 1.86. The van der Waals surface area contributed by atoms with Gasteiger partial charge in [0.2, 0.25) is 0 Å². The van der Waals surface area contributed by atoms with Crippen LogP contribution in [-0.2, 0) is 5.41 Å². The third-order valence-corrected chi connectivity index (χ3v) is 12.0. The molecule has 0 saturated carbocycles. The maximum Gasteiger partial charge on any atom is 0.0546 e. The predicted octanol–water partition coefficient (Wildman–Crippen LogP) is 14.3. The van der Waals surface area contributed by atoms with E-state index in [1.807, 2.05) is 11.3 Å². The van der Waals surface area contributed by atoms with Crippen LogP contribution in [0.25, 0.3) is 64.3 Å². The van der Waals surface area contributed by atoms with Crippen LogP contribution in [0.5, 0.6) is 0 Å². The van der Waals surface area contributed by atoms with E-state index in [9.17, 15) is 0 Å². The molecule has 0 fully saturated rings. The molecule has 1 nitrogen and oxygen atoms in total. The first-order chi connectivity index (χ1) is 25.0. The van der Waals surface area contributed by atoms with E-state index in [-0.39, 0.29) is 5.41 Å². The van der Waals surface area contributed by atoms with Crippen LogP contribution in [0.4, 0.5) is 17.1 Å². The molecule has 10 rings (SSSR count). The van der Waals surface area contributed by atoms with Crippen molar-refractivity contribution >= 4 is 59.3 Å². The minimum Gasteiger partial charge on any atom is -0.310 e. The minimum atomic E-state index is -0.0688. The van der Waals surface area contributed by atoms with Crippen molar-refractivity contribution in [2.75, 3.05) is 4.90 Å². The molecule has 0 atom stereocenters. The molecule has 0 amide bonds. The molecule has 0 radical (unpaired) electrons. The van der Waals surface area contributed by atoms with Crippen LogP contribution in [0, 0.1) is 0 Å². The summed E-state index contributed by atoms with van der Waals surface area (Å²) in [5, 5.41) is 5.07. The van der Waals surface area contributed by atoms with Crippen LogP contribution < -0.4 is 4.90 Å². The lowest BCUT2D eigenvalue weighted by atomic mass is 9.81. The Morgan fingerprint density at radius 3 is 1.94 bits per heavy atom. The number of anilines is 3. The minimum absolute atomic E-state index is 0.0688. The van der Waals surface area contributed by atoms with Crippen LogP contribution in [0.2, 0.25) is 0 Å². The van der Waals surface area contributed by atoms with E-state index < -0.39 is 0 Å². The Labute approximate surface area is 302 Å². The monoisotopic (exact) mass is 669 g/mol. The fourth-order valence-corrected chi connectivity index (χ4v) is 9.42. The summed E-state index contributed by atoms with van der Waals surface area (Å²) in [5.41, 5.74) is 13.8. The van der Waals surface area contributed by atoms with E-state index in [2.05, 4.69) is 195 Å². The smallest absolute Gasteiger partial charge is 0.0546 e. The normalized spacial score (nSPS) is 13.1. The molecular formula is C49H35NS. The van der Waals surface area contributed by atoms with Crippen molar-refractivity contribution in [2.45, 2.75) is 19.3 Å². The zero-order valence-corrected chi connectivity index (χ0v) is 29.4. The van der Waals surface area contributed by atoms with Gasteiger partial charge in [0.25, 0.3) is 0 Å². The first-order valence-electron chi connectivity index (χ1n) is 17.7. The van der Waals surface area contributed by atoms with Crippen molar-refractivity contribution in [3.63, 3.8) is 0 Å². The molecule has 51 heavy (non-hydrogen) atoms. The summed E-state index contributed by atoms with van der Waals surface area (Å²) in [5.74, 6) is 0. The highest BCUT2D eigenvalue weighted by atomic mass is 32.1. The third kappa shape index (κ3) is 4.75. The van der Waals surface area contributed by atoms with Gasteiger partial charge in [0.15, 0.2) is 0 Å². The van der Waals surface area contributed by atoms with Crippen LogP contribution in [0.1, 0.15) is 25.0 Å². The predicted molar refractivity (Wildman–Crippen MR) is 220 cm³/mol. The van der Waals surface area contributed by atoms with E-state index in [0.29, 0.717) is 0 Å². The Morgan fingerprint density at radius 1 is 0.431 bits per heavy atom. The second kappa shape index (κ2) is 11.6. The molecule has 8 aromatic carbocycles. The van der Waals surface area contributed by atoms with E-state index in [0.717, 1.165) is 17.1 Å². The highest BCUT2D eigenvalue weighted by molar-refractivity contribution is 7.25. The number of hydrogen-bond acceptors (Lipinski definition) is 2. The van der Waals surface area contributed by atoms with E-state index in [4.69, 9.17) is 0 Å². The first-order valence-corrected chi connectivity index (χ1v) is 18.5. The van der Waals surface area contributed by atoms with Crippen molar-refractivity contribution in [3.05, 3.63) is 187 Å². The zero-order chi connectivity index (χ0) is 34.1. The van der Waals surface area contributed by atoms with Crippen molar-refractivity contribution in [3.8, 4) is 33.4 Å². The molecule has 0 spiro atoms. The van der Waals surface area contributed by atoms with E-state index in [1.54, 1.807) is 0 Å². The Morgan fingerprint density at radius 2 is 1.08 bits per heavy atom. The van der Waals surface area contributed by atoms with Gasteiger partial charge >= 0.3 is 0 Å². The fourth-order valence-electron chi connectivity index (χ4n) is 8.33. The average Bonchev–Trinajstić information content (AvgIpc) is 3.67. The second-order valence-corrected chi connectivity index (χ2v) is 15.2. The molecular weight excluding hydrogens is 635 g/mol. The number of fused-ring (bicyclic) bond motifs is 7. The van der Waals surface area contributed by atoms with Crippen molar-refractivity contribution in [2.24, 2.45) is 0 Å². The SMILES string of the molecule is CC1(C)c2ccccc2-c2ccc(-c3cccc4cccc(N(c5ccc(-c6ccccc6)cc5)c5ccc6sc7ccccc7c6c5)c34)cc21. The van der Waals surface area contributed by atoms with Gasteiger partial charge < -0.3 is 4.90 Å². The largest absolute Gasteiger partial charge is 0.310 e. The van der Waals surface area contributed by atoms with Gasteiger partial charge in [0.05, 0.1) is 5.69 Å². The number of rotatable bonds is 5. The fraction of sp³-hybridized carbons (Fsp3) is 0.0612.